The zero-order valence-electron chi connectivity index (χ0n) is 24.9. The fourth-order valence-corrected chi connectivity index (χ4v) is 10.9. The summed E-state index contributed by atoms with van der Waals surface area (Å²) in [6.07, 6.45) is 0. The largest absolute Gasteiger partial charge is 0.454 e. The van der Waals surface area contributed by atoms with Gasteiger partial charge in [-0.3, -0.25) is 0 Å². The zero-order chi connectivity index (χ0) is 32.0. The average molecular weight is 871 g/mol. The Kier molecular flexibility index (Phi) is 10.7. The molecule has 0 aliphatic carbocycles. The van der Waals surface area contributed by atoms with Gasteiger partial charge in [-0.05, 0) is 71.9 Å². The van der Waals surface area contributed by atoms with E-state index < -0.39 is 15.8 Å². The Morgan fingerprint density at radius 3 is 1.00 bits per heavy atom. The van der Waals surface area contributed by atoms with Crippen LogP contribution in [0.2, 0.25) is 0 Å². The van der Waals surface area contributed by atoms with E-state index in [0.717, 1.165) is 34.1 Å². The van der Waals surface area contributed by atoms with Crippen molar-refractivity contribution < 1.29 is 32.2 Å². The summed E-state index contributed by atoms with van der Waals surface area (Å²) >= 11 is 6.64. The third-order valence-electron chi connectivity index (χ3n) is 7.82. The minimum Gasteiger partial charge on any atom is -0.454 e. The molecule has 47 heavy (non-hydrogen) atoms. The number of hydrogen-bond acceptors (Lipinski definition) is 4. The molecule has 0 saturated heterocycles. The Bertz CT molecular complexity index is 1730. The van der Waals surface area contributed by atoms with Gasteiger partial charge in [0.1, 0.15) is 0 Å². The van der Waals surface area contributed by atoms with E-state index in [2.05, 4.69) is 173 Å². The maximum atomic E-state index is 6.35. The first-order valence-electron chi connectivity index (χ1n) is 14.8. The van der Waals surface area contributed by atoms with E-state index in [1.807, 2.05) is 0 Å². The molecule has 6 aromatic rings. The number of benzene rings is 6. The molecule has 0 saturated carbocycles. The Labute approximate surface area is 298 Å². The summed E-state index contributed by atoms with van der Waals surface area (Å²) in [6.45, 7) is 0.350. The van der Waals surface area contributed by atoms with Crippen molar-refractivity contribution in [3.8, 4) is 34.1 Å². The third kappa shape index (κ3) is 6.80. The molecule has 6 aromatic carbocycles. The Hall–Kier alpha value is -3.04. The van der Waals surface area contributed by atoms with Crippen molar-refractivity contribution in [3.05, 3.63) is 146 Å². The number of rotatable bonds is 7. The molecule has 2 heterocycles. The maximum absolute atomic E-state index is 6.35. The van der Waals surface area contributed by atoms with Gasteiger partial charge in [0, 0.05) is 11.1 Å². The molecule has 0 N–H and O–H groups in total. The van der Waals surface area contributed by atoms with Gasteiger partial charge in [0.05, 0.1) is 0 Å². The van der Waals surface area contributed by atoms with Crippen molar-refractivity contribution in [1.29, 1.82) is 0 Å². The van der Waals surface area contributed by atoms with E-state index >= 15 is 0 Å². The van der Waals surface area contributed by atoms with Crippen LogP contribution in [0.3, 0.4) is 0 Å². The van der Waals surface area contributed by atoms with Gasteiger partial charge in [0.25, 0.3) is 0 Å². The summed E-state index contributed by atoms with van der Waals surface area (Å²) in [5.41, 5.74) is 2.02. The monoisotopic (exact) mass is 870 g/mol. The van der Waals surface area contributed by atoms with E-state index in [4.69, 9.17) is 18.9 Å². The molecule has 0 amide bonds. The molecular weight excluding hydrogens is 843 g/mol. The number of ether oxygens (including phenoxy) is 4. The summed E-state index contributed by atoms with van der Waals surface area (Å²) in [6, 6.07) is 51.6. The van der Waals surface area contributed by atoms with Crippen LogP contribution < -0.4 is 50.8 Å². The fourth-order valence-electron chi connectivity index (χ4n) is 5.94. The molecule has 0 radical (unpaired) electrons. The minimum atomic E-state index is -0.968. The number of fused-ring (bicyclic) bond motifs is 2. The van der Waals surface area contributed by atoms with Crippen molar-refractivity contribution in [2.24, 2.45) is 0 Å². The molecule has 236 valence electrons. The van der Waals surface area contributed by atoms with Gasteiger partial charge in [0.15, 0.2) is 23.0 Å². The third-order valence-corrected chi connectivity index (χ3v) is 12.8. The summed E-state index contributed by atoms with van der Waals surface area (Å²) in [5.74, 6) is 2.99. The topological polar surface area (TPSA) is 36.9 Å². The standard InChI is InChI=1S/C38H28O4P2.2BrH.Ru/c1-5-13-27(14-6-1)43(28-15-7-2-8-16-28)33-23-21-31-37(41-25-39-31)35(33)36-34(24-22-32-38(36)42-26-40-32)44(29-17-9-3-10-18-29)30-19-11-4-12-20-30;;;/h1-24H,25-26H2;2*1H;/q;;;+2/p-2. The quantitative estimate of drug-likeness (QED) is 0.121. The molecule has 0 unspecified atom stereocenters. The molecule has 4 nitrogen and oxygen atoms in total. The van der Waals surface area contributed by atoms with Gasteiger partial charge >= 0.3 is 40.5 Å². The van der Waals surface area contributed by atoms with Crippen LogP contribution in [0.1, 0.15) is 0 Å². The average Bonchev–Trinajstić information content (AvgIpc) is 3.81. The maximum Gasteiger partial charge on any atom is 0.231 e. The molecule has 2 aliphatic heterocycles. The first kappa shape index (κ1) is 32.5. The minimum absolute atomic E-state index is 0.175. The van der Waals surface area contributed by atoms with Crippen LogP contribution >= 0.6 is 43.1 Å². The normalized spacial score (nSPS) is 12.7. The van der Waals surface area contributed by atoms with Crippen molar-refractivity contribution in [2.75, 3.05) is 13.6 Å². The van der Waals surface area contributed by atoms with Gasteiger partial charge in [-0.25, -0.2) is 0 Å². The molecular formula is C38H28Br2O4P2Ru. The van der Waals surface area contributed by atoms with E-state index in [1.165, 1.54) is 31.8 Å². The van der Waals surface area contributed by atoms with Crippen LogP contribution in [0, 0.1) is 0 Å². The molecule has 0 atom stereocenters. The zero-order valence-corrected chi connectivity index (χ0v) is 31.6. The van der Waals surface area contributed by atoms with Crippen LogP contribution in [0.5, 0.6) is 23.0 Å². The predicted molar refractivity (Wildman–Crippen MR) is 199 cm³/mol. The van der Waals surface area contributed by atoms with Crippen molar-refractivity contribution in [1.82, 2.24) is 0 Å². The summed E-state index contributed by atoms with van der Waals surface area (Å²) in [7, 11) is -1.94. The van der Waals surface area contributed by atoms with E-state index in [-0.39, 0.29) is 13.6 Å². The van der Waals surface area contributed by atoms with E-state index in [1.54, 1.807) is 0 Å². The van der Waals surface area contributed by atoms with E-state index in [0.29, 0.717) is 13.2 Å². The van der Waals surface area contributed by atoms with Crippen LogP contribution in [0.15, 0.2) is 146 Å². The second kappa shape index (κ2) is 15.5. The molecule has 2 aliphatic rings. The smallest absolute Gasteiger partial charge is 0.231 e. The Balaban J connectivity index is 0.00000113. The molecule has 0 fully saturated rings. The van der Waals surface area contributed by atoms with Crippen molar-refractivity contribution in [2.45, 2.75) is 0 Å². The molecule has 8 rings (SSSR count). The van der Waals surface area contributed by atoms with Gasteiger partial charge < -0.3 is 18.9 Å². The van der Waals surface area contributed by atoms with Crippen LogP contribution in [-0.4, -0.2) is 13.6 Å². The number of halogens is 2. The summed E-state index contributed by atoms with van der Waals surface area (Å²) < 4.78 is 24.7. The van der Waals surface area contributed by atoms with E-state index in [9.17, 15) is 0 Å². The van der Waals surface area contributed by atoms with Crippen LogP contribution in [0.4, 0.5) is 0 Å². The summed E-state index contributed by atoms with van der Waals surface area (Å²) in [5, 5.41) is 7.40. The molecule has 0 spiro atoms. The Morgan fingerprint density at radius 2 is 0.702 bits per heavy atom. The molecule has 0 aromatic heterocycles. The van der Waals surface area contributed by atoms with Gasteiger partial charge in [0.2, 0.25) is 13.6 Å². The van der Waals surface area contributed by atoms with Gasteiger partial charge in [-0.15, -0.1) is 0 Å². The van der Waals surface area contributed by atoms with Gasteiger partial charge in [-0.2, -0.15) is 0 Å². The van der Waals surface area contributed by atoms with Crippen LogP contribution in [-0.2, 0) is 13.2 Å². The van der Waals surface area contributed by atoms with Crippen molar-refractivity contribution >= 4 is 74.9 Å². The first-order valence-corrected chi connectivity index (χ1v) is 25.4. The SMILES string of the molecule is [Br][Ru][Br].c1ccc(P(c2ccccc2)c2ccc3c(c2-c2c(P(c4ccccc4)c4ccccc4)ccc4c2OCO4)OCO3)cc1. The van der Waals surface area contributed by atoms with Crippen LogP contribution in [0.25, 0.3) is 11.1 Å². The number of hydrogen-bond donors (Lipinski definition) is 0. The molecule has 0 bridgehead atoms. The second-order valence-corrected chi connectivity index (χ2v) is 22.8. The predicted octanol–water partition coefficient (Wildman–Crippen LogP) is 8.02. The second-order valence-electron chi connectivity index (χ2n) is 10.5. The summed E-state index contributed by atoms with van der Waals surface area (Å²) in [4.78, 5) is 0. The molecule has 9 heteroatoms. The fraction of sp³-hybridized carbons (Fsp3) is 0.0526. The first-order chi connectivity index (χ1) is 23.3. The Morgan fingerprint density at radius 1 is 0.404 bits per heavy atom. The van der Waals surface area contributed by atoms with Crippen molar-refractivity contribution in [3.63, 3.8) is 0 Å². The van der Waals surface area contributed by atoms with Gasteiger partial charge in [-0.1, -0.05) is 121 Å².